The summed E-state index contributed by atoms with van der Waals surface area (Å²) in [5, 5.41) is 21.8. The third-order valence-electron chi connectivity index (χ3n) is 5.27. The van der Waals surface area contributed by atoms with Crippen molar-refractivity contribution in [3.63, 3.8) is 0 Å². The molecule has 1 aromatic carbocycles. The van der Waals surface area contributed by atoms with Crippen LogP contribution in [0.4, 0.5) is 10.2 Å². The quantitative estimate of drug-likeness (QED) is 0.593. The fourth-order valence-corrected chi connectivity index (χ4v) is 4.13. The molecular weight excluding hydrogens is 391 g/mol. The number of hydrogen-bond donors (Lipinski definition) is 3. The lowest BCUT2D eigenvalue weighted by molar-refractivity contribution is -0.104. The maximum atomic E-state index is 14.4. The first-order valence-corrected chi connectivity index (χ1v) is 9.01. The molecule has 1 fully saturated rings. The van der Waals surface area contributed by atoms with Crippen LogP contribution in [0.25, 0.3) is 11.0 Å². The van der Waals surface area contributed by atoms with E-state index in [1.165, 1.54) is 10.9 Å². The average Bonchev–Trinajstić information content (AvgIpc) is 3.31. The second-order valence-corrected chi connectivity index (χ2v) is 7.33. The Labute approximate surface area is 163 Å². The van der Waals surface area contributed by atoms with Crippen LogP contribution in [-0.2, 0) is 16.1 Å². The lowest BCUT2D eigenvalue weighted by atomic mass is 9.97. The lowest BCUT2D eigenvalue weighted by Crippen LogP contribution is -2.34. The van der Waals surface area contributed by atoms with Crippen molar-refractivity contribution in [3.8, 4) is 0 Å². The molecule has 4 heterocycles. The van der Waals surface area contributed by atoms with Gasteiger partial charge in [0.2, 0.25) is 0 Å². The summed E-state index contributed by atoms with van der Waals surface area (Å²) in [5.41, 5.74) is 7.63. The number of aliphatic hydroxyl groups excluding tert-OH is 2. The summed E-state index contributed by atoms with van der Waals surface area (Å²) in [6.07, 6.45) is -2.77. The van der Waals surface area contributed by atoms with Crippen LogP contribution in [0.2, 0.25) is 5.02 Å². The van der Waals surface area contributed by atoms with E-state index in [1.807, 2.05) is 6.07 Å². The molecule has 2 aliphatic rings. The molecule has 0 aliphatic carbocycles. The molecular formula is C18H16ClFN4O4. The van der Waals surface area contributed by atoms with Crippen molar-refractivity contribution in [2.75, 3.05) is 5.73 Å². The maximum Gasteiger partial charge on any atom is 0.164 e. The highest BCUT2D eigenvalue weighted by atomic mass is 35.5. The Kier molecular flexibility index (Phi) is 4.04. The zero-order valence-electron chi connectivity index (χ0n) is 14.4. The predicted molar refractivity (Wildman–Crippen MR) is 96.8 cm³/mol. The molecule has 0 spiro atoms. The number of fused-ring (bicyclic) bond motifs is 2. The minimum Gasteiger partial charge on any atom is -0.387 e. The van der Waals surface area contributed by atoms with E-state index in [0.717, 1.165) is 17.3 Å². The number of rotatable bonds is 2. The van der Waals surface area contributed by atoms with Crippen molar-refractivity contribution in [1.82, 2.24) is 14.5 Å². The number of aliphatic hydroxyl groups is 2. The van der Waals surface area contributed by atoms with E-state index >= 15 is 0 Å². The minimum absolute atomic E-state index is 0.0178. The SMILES string of the molecule is Nc1ncnc2c1c(F)cn2[C@@H]1O[C@H]([C@@H]2OCc3cc(Cl)ccc32)[C@@H](O)[C@H]1O. The lowest BCUT2D eigenvalue weighted by Gasteiger charge is -2.22. The molecule has 0 amide bonds. The Bertz CT molecular complexity index is 1080. The highest BCUT2D eigenvalue weighted by Crippen LogP contribution is 2.43. The molecule has 146 valence electrons. The number of aromatic nitrogens is 3. The molecule has 10 heteroatoms. The first-order chi connectivity index (χ1) is 13.5. The smallest absolute Gasteiger partial charge is 0.164 e. The van der Waals surface area contributed by atoms with Crippen LogP contribution in [0.5, 0.6) is 0 Å². The molecule has 2 aliphatic heterocycles. The summed E-state index contributed by atoms with van der Waals surface area (Å²) in [7, 11) is 0. The first kappa shape index (κ1) is 17.8. The van der Waals surface area contributed by atoms with Gasteiger partial charge in [-0.3, -0.25) is 0 Å². The van der Waals surface area contributed by atoms with E-state index in [1.54, 1.807) is 12.1 Å². The molecule has 0 saturated carbocycles. The predicted octanol–water partition coefficient (Wildman–Crippen LogP) is 1.70. The van der Waals surface area contributed by atoms with E-state index in [-0.39, 0.29) is 16.9 Å². The van der Waals surface area contributed by atoms with Gasteiger partial charge in [0.05, 0.1) is 12.0 Å². The normalized spacial score (nSPS) is 29.5. The van der Waals surface area contributed by atoms with Crippen LogP contribution >= 0.6 is 11.6 Å². The fraction of sp³-hybridized carbons (Fsp3) is 0.333. The minimum atomic E-state index is -1.32. The van der Waals surface area contributed by atoms with E-state index in [2.05, 4.69) is 9.97 Å². The molecule has 28 heavy (non-hydrogen) atoms. The van der Waals surface area contributed by atoms with Gasteiger partial charge in [0, 0.05) is 11.2 Å². The Morgan fingerprint density at radius 3 is 2.89 bits per heavy atom. The topological polar surface area (TPSA) is 116 Å². The molecule has 3 aromatic rings. The van der Waals surface area contributed by atoms with Crippen LogP contribution in [0.15, 0.2) is 30.7 Å². The monoisotopic (exact) mass is 406 g/mol. The Hall–Kier alpha value is -2.30. The number of halogens is 2. The van der Waals surface area contributed by atoms with Gasteiger partial charge in [0.25, 0.3) is 0 Å². The second-order valence-electron chi connectivity index (χ2n) is 6.89. The van der Waals surface area contributed by atoms with Gasteiger partial charge in [0.1, 0.15) is 36.6 Å². The highest BCUT2D eigenvalue weighted by molar-refractivity contribution is 6.30. The fourth-order valence-electron chi connectivity index (χ4n) is 3.94. The van der Waals surface area contributed by atoms with Crippen molar-refractivity contribution in [2.45, 2.75) is 37.3 Å². The van der Waals surface area contributed by atoms with Gasteiger partial charge in [-0.15, -0.1) is 0 Å². The van der Waals surface area contributed by atoms with Crippen LogP contribution in [0, 0.1) is 5.82 Å². The number of nitrogen functional groups attached to an aromatic ring is 1. The van der Waals surface area contributed by atoms with Crippen molar-refractivity contribution < 1.29 is 24.1 Å². The summed E-state index contributed by atoms with van der Waals surface area (Å²) in [6, 6.07) is 5.33. The summed E-state index contributed by atoms with van der Waals surface area (Å²) in [5.74, 6) is -0.658. The Balaban J connectivity index is 1.51. The molecule has 2 aromatic heterocycles. The largest absolute Gasteiger partial charge is 0.387 e. The van der Waals surface area contributed by atoms with Crippen molar-refractivity contribution >= 4 is 28.5 Å². The van der Waals surface area contributed by atoms with E-state index in [4.69, 9.17) is 26.8 Å². The van der Waals surface area contributed by atoms with Gasteiger partial charge < -0.3 is 30.0 Å². The molecule has 5 atom stereocenters. The van der Waals surface area contributed by atoms with Gasteiger partial charge in [-0.2, -0.15) is 0 Å². The van der Waals surface area contributed by atoms with Gasteiger partial charge in [0.15, 0.2) is 17.7 Å². The van der Waals surface area contributed by atoms with E-state index in [0.29, 0.717) is 11.6 Å². The maximum absolute atomic E-state index is 14.4. The summed E-state index contributed by atoms with van der Waals surface area (Å²) < 4.78 is 27.4. The number of hydrogen-bond acceptors (Lipinski definition) is 7. The molecule has 1 saturated heterocycles. The number of benzene rings is 1. The average molecular weight is 407 g/mol. The zero-order valence-corrected chi connectivity index (χ0v) is 15.1. The van der Waals surface area contributed by atoms with Gasteiger partial charge >= 0.3 is 0 Å². The third-order valence-corrected chi connectivity index (χ3v) is 5.51. The number of anilines is 1. The molecule has 4 N–H and O–H groups in total. The number of nitrogens with zero attached hydrogens (tertiary/aromatic N) is 3. The second kappa shape index (κ2) is 6.36. The zero-order chi connectivity index (χ0) is 19.6. The molecule has 0 radical (unpaired) electrons. The summed E-state index contributed by atoms with van der Waals surface area (Å²) >= 11 is 6.02. The molecule has 0 bridgehead atoms. The van der Waals surface area contributed by atoms with Crippen LogP contribution in [-0.4, -0.2) is 43.1 Å². The van der Waals surface area contributed by atoms with Gasteiger partial charge in [-0.1, -0.05) is 17.7 Å². The molecule has 0 unspecified atom stereocenters. The Morgan fingerprint density at radius 2 is 2.07 bits per heavy atom. The van der Waals surface area contributed by atoms with Gasteiger partial charge in [-0.25, -0.2) is 14.4 Å². The highest BCUT2D eigenvalue weighted by Gasteiger charge is 2.50. The van der Waals surface area contributed by atoms with Crippen molar-refractivity contribution in [2.24, 2.45) is 0 Å². The molecule has 8 nitrogen and oxygen atoms in total. The van der Waals surface area contributed by atoms with Crippen molar-refractivity contribution in [3.05, 3.63) is 52.7 Å². The molecule has 5 rings (SSSR count). The van der Waals surface area contributed by atoms with E-state index in [9.17, 15) is 14.6 Å². The van der Waals surface area contributed by atoms with Gasteiger partial charge in [-0.05, 0) is 23.3 Å². The van der Waals surface area contributed by atoms with Crippen LogP contribution in [0.1, 0.15) is 23.5 Å². The van der Waals surface area contributed by atoms with Crippen LogP contribution in [0.3, 0.4) is 0 Å². The van der Waals surface area contributed by atoms with E-state index < -0.39 is 36.5 Å². The van der Waals surface area contributed by atoms with Crippen molar-refractivity contribution in [1.29, 1.82) is 0 Å². The Morgan fingerprint density at radius 1 is 1.25 bits per heavy atom. The summed E-state index contributed by atoms with van der Waals surface area (Å²) in [4.78, 5) is 7.83. The number of nitrogens with two attached hydrogens (primary N) is 1. The number of ether oxygens (including phenoxy) is 2. The standard InChI is InChI=1S/C18H16ClFN4O4/c19-8-1-2-9-7(3-8)5-27-14(9)15-12(25)13(26)18(28-15)24-4-10(20)11-16(21)22-6-23-17(11)24/h1-4,6,12-15,18,25-26H,5H2,(H2,21,22,23)/t12-,13+,14+,15-,18+/m0/s1. The van der Waals surface area contributed by atoms with Crippen LogP contribution < -0.4 is 5.73 Å². The first-order valence-electron chi connectivity index (χ1n) is 8.63. The summed E-state index contributed by atoms with van der Waals surface area (Å²) in [6.45, 7) is 0.318. The third kappa shape index (κ3) is 2.51.